The SMILES string of the molecule is O=c1oc2ccccc2c(O)c1C=NCCn1cnc2ccccc2c1=O. The van der Waals surface area contributed by atoms with Gasteiger partial charge in [-0.3, -0.25) is 14.4 Å². The minimum atomic E-state index is -0.667. The summed E-state index contributed by atoms with van der Waals surface area (Å²) in [5.74, 6) is -0.171. The molecule has 0 aliphatic rings. The monoisotopic (exact) mass is 361 g/mol. The van der Waals surface area contributed by atoms with Gasteiger partial charge in [-0.2, -0.15) is 0 Å². The Hall–Kier alpha value is -3.74. The van der Waals surface area contributed by atoms with Crippen LogP contribution in [0.4, 0.5) is 0 Å². The molecule has 0 aliphatic heterocycles. The van der Waals surface area contributed by atoms with Crippen LogP contribution in [0, 0.1) is 0 Å². The van der Waals surface area contributed by atoms with Gasteiger partial charge >= 0.3 is 5.63 Å². The van der Waals surface area contributed by atoms with Gasteiger partial charge in [0.05, 0.1) is 29.2 Å². The van der Waals surface area contributed by atoms with E-state index in [1.54, 1.807) is 42.5 Å². The van der Waals surface area contributed by atoms with Crippen LogP contribution >= 0.6 is 0 Å². The minimum Gasteiger partial charge on any atom is -0.506 e. The van der Waals surface area contributed by atoms with Crippen LogP contribution in [0.2, 0.25) is 0 Å². The van der Waals surface area contributed by atoms with Gasteiger partial charge in [0.15, 0.2) is 0 Å². The van der Waals surface area contributed by atoms with Crippen LogP contribution in [0.1, 0.15) is 5.56 Å². The predicted molar refractivity (Wildman–Crippen MR) is 103 cm³/mol. The summed E-state index contributed by atoms with van der Waals surface area (Å²) in [6, 6.07) is 13.8. The summed E-state index contributed by atoms with van der Waals surface area (Å²) in [5.41, 5.74) is 0.118. The first-order valence-electron chi connectivity index (χ1n) is 8.34. The fourth-order valence-corrected chi connectivity index (χ4v) is 2.85. The van der Waals surface area contributed by atoms with Gasteiger partial charge in [-0.1, -0.05) is 24.3 Å². The van der Waals surface area contributed by atoms with E-state index in [-0.39, 0.29) is 23.4 Å². The molecule has 0 unspecified atom stereocenters. The lowest BCUT2D eigenvalue weighted by Gasteiger charge is -2.05. The van der Waals surface area contributed by atoms with E-state index in [0.717, 1.165) is 0 Å². The minimum absolute atomic E-state index is 0.0160. The van der Waals surface area contributed by atoms with Crippen molar-refractivity contribution in [3.63, 3.8) is 0 Å². The van der Waals surface area contributed by atoms with Crippen molar-refractivity contribution in [1.29, 1.82) is 0 Å². The summed E-state index contributed by atoms with van der Waals surface area (Å²) in [6.07, 6.45) is 2.75. The molecular formula is C20H15N3O4. The Balaban J connectivity index is 1.57. The third-order valence-electron chi connectivity index (χ3n) is 4.24. The van der Waals surface area contributed by atoms with Crippen molar-refractivity contribution in [2.24, 2.45) is 4.99 Å². The van der Waals surface area contributed by atoms with E-state index >= 15 is 0 Å². The molecule has 0 spiro atoms. The van der Waals surface area contributed by atoms with E-state index in [1.807, 2.05) is 6.07 Å². The highest BCUT2D eigenvalue weighted by molar-refractivity contribution is 5.93. The molecule has 7 nitrogen and oxygen atoms in total. The smallest absolute Gasteiger partial charge is 0.348 e. The molecule has 2 aromatic heterocycles. The van der Waals surface area contributed by atoms with Gasteiger partial charge in [0, 0.05) is 12.8 Å². The van der Waals surface area contributed by atoms with Crippen LogP contribution in [-0.2, 0) is 6.54 Å². The fourth-order valence-electron chi connectivity index (χ4n) is 2.85. The van der Waals surface area contributed by atoms with Gasteiger partial charge < -0.3 is 9.52 Å². The molecule has 134 valence electrons. The second-order valence-corrected chi connectivity index (χ2v) is 5.94. The molecule has 0 aliphatic carbocycles. The molecule has 0 fully saturated rings. The maximum Gasteiger partial charge on any atom is 0.348 e. The van der Waals surface area contributed by atoms with E-state index in [2.05, 4.69) is 9.98 Å². The number of aliphatic imine (C=N–C) groups is 1. The third-order valence-corrected chi connectivity index (χ3v) is 4.24. The third kappa shape index (κ3) is 3.10. The van der Waals surface area contributed by atoms with Crippen LogP contribution in [-0.4, -0.2) is 27.4 Å². The fraction of sp³-hybridized carbons (Fsp3) is 0.100. The van der Waals surface area contributed by atoms with E-state index in [9.17, 15) is 14.7 Å². The lowest BCUT2D eigenvalue weighted by molar-refractivity contribution is 0.466. The maximum atomic E-state index is 12.4. The summed E-state index contributed by atoms with van der Waals surface area (Å²) in [7, 11) is 0. The van der Waals surface area contributed by atoms with Gasteiger partial charge in [-0.25, -0.2) is 9.78 Å². The molecule has 4 aromatic rings. The van der Waals surface area contributed by atoms with Gasteiger partial charge in [-0.15, -0.1) is 0 Å². The van der Waals surface area contributed by atoms with Crippen LogP contribution < -0.4 is 11.2 Å². The molecule has 0 bridgehead atoms. The molecule has 0 radical (unpaired) electrons. The van der Waals surface area contributed by atoms with Gasteiger partial charge in [0.25, 0.3) is 5.56 Å². The zero-order valence-corrected chi connectivity index (χ0v) is 14.2. The summed E-state index contributed by atoms with van der Waals surface area (Å²) in [6.45, 7) is 0.540. The van der Waals surface area contributed by atoms with Crippen molar-refractivity contribution in [3.05, 3.63) is 81.2 Å². The molecule has 0 amide bonds. The topological polar surface area (TPSA) is 97.7 Å². The number of hydrogen-bond acceptors (Lipinski definition) is 6. The molecule has 1 N–H and O–H groups in total. The van der Waals surface area contributed by atoms with Crippen LogP contribution in [0.25, 0.3) is 21.9 Å². The maximum absolute atomic E-state index is 12.4. The van der Waals surface area contributed by atoms with Crippen molar-refractivity contribution < 1.29 is 9.52 Å². The summed E-state index contributed by atoms with van der Waals surface area (Å²) < 4.78 is 6.64. The average molecular weight is 361 g/mol. The Kier molecular flexibility index (Phi) is 4.25. The lowest BCUT2D eigenvalue weighted by atomic mass is 10.1. The second-order valence-electron chi connectivity index (χ2n) is 5.94. The largest absolute Gasteiger partial charge is 0.506 e. The van der Waals surface area contributed by atoms with Gasteiger partial charge in [0.2, 0.25) is 0 Å². The number of aromatic nitrogens is 2. The normalized spacial score (nSPS) is 11.6. The Labute approximate surface area is 152 Å². The van der Waals surface area contributed by atoms with Gasteiger partial charge in [-0.05, 0) is 24.3 Å². The number of fused-ring (bicyclic) bond motifs is 2. The first-order chi connectivity index (χ1) is 13.1. The molecule has 4 rings (SSSR count). The van der Waals surface area contributed by atoms with Crippen LogP contribution in [0.15, 0.2) is 73.9 Å². The molecule has 7 heteroatoms. The summed E-state index contributed by atoms with van der Waals surface area (Å²) in [4.78, 5) is 32.9. The zero-order valence-electron chi connectivity index (χ0n) is 14.2. The van der Waals surface area contributed by atoms with Crippen LogP contribution in [0.5, 0.6) is 5.75 Å². The first kappa shape index (κ1) is 16.7. The Morgan fingerprint density at radius 1 is 1.07 bits per heavy atom. The Morgan fingerprint density at radius 3 is 2.67 bits per heavy atom. The standard InChI is InChI=1S/C20H15N3O4/c24-18-14-6-2-4-8-17(14)27-20(26)15(18)11-21-9-10-23-12-22-16-7-3-1-5-13(16)19(23)25/h1-8,11-12,24H,9-10H2. The molecule has 2 aromatic carbocycles. The zero-order chi connectivity index (χ0) is 18.8. The highest BCUT2D eigenvalue weighted by atomic mass is 16.4. The number of nitrogens with zero attached hydrogens (tertiary/aromatic N) is 3. The van der Waals surface area contributed by atoms with Crippen molar-refractivity contribution in [2.45, 2.75) is 6.54 Å². The van der Waals surface area contributed by atoms with Gasteiger partial charge in [0.1, 0.15) is 16.9 Å². The van der Waals surface area contributed by atoms with Crippen molar-refractivity contribution in [2.75, 3.05) is 6.54 Å². The average Bonchev–Trinajstić information content (AvgIpc) is 2.69. The quantitative estimate of drug-likeness (QED) is 0.444. The predicted octanol–water partition coefficient (Wildman–Crippen LogP) is 2.33. The van der Waals surface area contributed by atoms with E-state index in [4.69, 9.17) is 4.42 Å². The van der Waals surface area contributed by atoms with Crippen molar-refractivity contribution in [3.8, 4) is 5.75 Å². The molecular weight excluding hydrogens is 346 g/mol. The molecule has 0 atom stereocenters. The van der Waals surface area contributed by atoms with E-state index in [0.29, 0.717) is 28.4 Å². The second kappa shape index (κ2) is 6.87. The molecule has 0 saturated carbocycles. The highest BCUT2D eigenvalue weighted by Crippen LogP contribution is 2.24. The van der Waals surface area contributed by atoms with Crippen molar-refractivity contribution in [1.82, 2.24) is 9.55 Å². The van der Waals surface area contributed by atoms with Crippen molar-refractivity contribution >= 4 is 28.1 Å². The number of benzene rings is 2. The number of para-hydroxylation sites is 2. The van der Waals surface area contributed by atoms with Crippen LogP contribution in [0.3, 0.4) is 0 Å². The number of rotatable bonds is 4. The Bertz CT molecular complexity index is 1290. The molecule has 27 heavy (non-hydrogen) atoms. The number of aromatic hydroxyl groups is 1. The molecule has 0 saturated heterocycles. The van der Waals surface area contributed by atoms with E-state index in [1.165, 1.54) is 17.1 Å². The summed E-state index contributed by atoms with van der Waals surface area (Å²) >= 11 is 0. The first-order valence-corrected chi connectivity index (χ1v) is 8.34. The van der Waals surface area contributed by atoms with E-state index < -0.39 is 5.63 Å². The Morgan fingerprint density at radius 2 is 1.81 bits per heavy atom. The lowest BCUT2D eigenvalue weighted by Crippen LogP contribution is -2.21. The summed E-state index contributed by atoms with van der Waals surface area (Å²) in [5, 5.41) is 11.3. The highest BCUT2D eigenvalue weighted by Gasteiger charge is 2.11. The number of hydrogen-bond donors (Lipinski definition) is 1. The molecule has 2 heterocycles.